The van der Waals surface area contributed by atoms with Gasteiger partial charge in [0.15, 0.2) is 0 Å². The molecular formula is C14H18BrClFNO. The lowest BCUT2D eigenvalue weighted by Gasteiger charge is -2.24. The lowest BCUT2D eigenvalue weighted by atomic mass is 9.88. The maximum absolute atomic E-state index is 13.6. The second-order valence-corrected chi connectivity index (χ2v) is 6.44. The molecule has 0 atom stereocenters. The SMILES string of the molecule is CC(C)(CCCBr)CNC(=O)c1c(F)cccc1Cl. The highest BCUT2D eigenvalue weighted by molar-refractivity contribution is 9.09. The summed E-state index contributed by atoms with van der Waals surface area (Å²) in [6, 6.07) is 4.22. The van der Waals surface area contributed by atoms with Gasteiger partial charge in [0.05, 0.1) is 10.6 Å². The quantitative estimate of drug-likeness (QED) is 0.757. The lowest BCUT2D eigenvalue weighted by molar-refractivity contribution is 0.0930. The smallest absolute Gasteiger partial charge is 0.255 e. The summed E-state index contributed by atoms with van der Waals surface area (Å²) < 4.78 is 13.6. The minimum Gasteiger partial charge on any atom is -0.351 e. The molecule has 0 saturated heterocycles. The summed E-state index contributed by atoms with van der Waals surface area (Å²) in [6.07, 6.45) is 2.01. The van der Waals surface area contributed by atoms with Crippen LogP contribution in [0, 0.1) is 11.2 Å². The Labute approximate surface area is 126 Å². The van der Waals surface area contributed by atoms with Gasteiger partial charge in [0.25, 0.3) is 5.91 Å². The lowest BCUT2D eigenvalue weighted by Crippen LogP contribution is -2.34. The Morgan fingerprint density at radius 3 is 2.74 bits per heavy atom. The van der Waals surface area contributed by atoms with E-state index in [0.29, 0.717) is 6.54 Å². The molecule has 106 valence electrons. The number of alkyl halides is 1. The van der Waals surface area contributed by atoms with E-state index in [4.69, 9.17) is 11.6 Å². The highest BCUT2D eigenvalue weighted by Gasteiger charge is 2.21. The maximum atomic E-state index is 13.6. The molecule has 0 saturated carbocycles. The van der Waals surface area contributed by atoms with Crippen LogP contribution in [0.5, 0.6) is 0 Å². The zero-order valence-corrected chi connectivity index (χ0v) is 13.4. The van der Waals surface area contributed by atoms with Crippen molar-refractivity contribution >= 4 is 33.4 Å². The topological polar surface area (TPSA) is 29.1 Å². The van der Waals surface area contributed by atoms with Gasteiger partial charge < -0.3 is 5.32 Å². The van der Waals surface area contributed by atoms with Crippen molar-refractivity contribution in [3.63, 3.8) is 0 Å². The van der Waals surface area contributed by atoms with Crippen molar-refractivity contribution in [1.29, 1.82) is 0 Å². The molecule has 0 aromatic heterocycles. The molecule has 19 heavy (non-hydrogen) atoms. The third-order valence-electron chi connectivity index (χ3n) is 2.90. The third-order valence-corrected chi connectivity index (χ3v) is 3.78. The molecule has 1 N–H and O–H groups in total. The Morgan fingerprint density at radius 2 is 2.16 bits per heavy atom. The first kappa shape index (κ1) is 16.4. The van der Waals surface area contributed by atoms with Crippen LogP contribution in [0.15, 0.2) is 18.2 Å². The summed E-state index contributed by atoms with van der Waals surface area (Å²) >= 11 is 9.23. The van der Waals surface area contributed by atoms with E-state index in [1.54, 1.807) is 0 Å². The summed E-state index contributed by atoms with van der Waals surface area (Å²) in [4.78, 5) is 12.0. The Kier molecular flexibility index (Phi) is 6.27. The van der Waals surface area contributed by atoms with Crippen LogP contribution in [0.25, 0.3) is 0 Å². The molecule has 1 aromatic rings. The summed E-state index contributed by atoms with van der Waals surface area (Å²) in [5.41, 5.74) is -0.110. The first-order valence-corrected chi connectivity index (χ1v) is 7.65. The molecule has 2 nitrogen and oxygen atoms in total. The predicted molar refractivity (Wildman–Crippen MR) is 80.6 cm³/mol. The van der Waals surface area contributed by atoms with Gasteiger partial charge in [-0.2, -0.15) is 0 Å². The number of rotatable bonds is 6. The first-order valence-electron chi connectivity index (χ1n) is 6.15. The van der Waals surface area contributed by atoms with Crippen LogP contribution in [0.4, 0.5) is 4.39 Å². The van der Waals surface area contributed by atoms with Gasteiger partial charge in [-0.1, -0.05) is 47.4 Å². The second kappa shape index (κ2) is 7.25. The molecule has 0 aliphatic carbocycles. The molecule has 1 aromatic carbocycles. The number of carbonyl (C=O) groups excluding carboxylic acids is 1. The minimum atomic E-state index is -0.594. The van der Waals surface area contributed by atoms with E-state index in [0.717, 1.165) is 18.2 Å². The van der Waals surface area contributed by atoms with E-state index in [1.807, 2.05) is 0 Å². The van der Waals surface area contributed by atoms with Crippen molar-refractivity contribution in [3.05, 3.63) is 34.6 Å². The van der Waals surface area contributed by atoms with Crippen LogP contribution in [-0.4, -0.2) is 17.8 Å². The Balaban J connectivity index is 2.66. The fourth-order valence-electron chi connectivity index (χ4n) is 1.76. The number of amides is 1. The maximum Gasteiger partial charge on any atom is 0.255 e. The molecule has 0 bridgehead atoms. The van der Waals surface area contributed by atoms with E-state index in [9.17, 15) is 9.18 Å². The fraction of sp³-hybridized carbons (Fsp3) is 0.500. The van der Waals surface area contributed by atoms with Gasteiger partial charge in [0.1, 0.15) is 5.82 Å². The molecule has 1 amide bonds. The zero-order valence-electron chi connectivity index (χ0n) is 11.1. The van der Waals surface area contributed by atoms with Crippen LogP contribution in [0.3, 0.4) is 0 Å². The van der Waals surface area contributed by atoms with Crippen LogP contribution in [0.2, 0.25) is 5.02 Å². The van der Waals surface area contributed by atoms with Crippen LogP contribution < -0.4 is 5.32 Å². The van der Waals surface area contributed by atoms with E-state index in [-0.39, 0.29) is 16.0 Å². The normalized spacial score (nSPS) is 11.4. The summed E-state index contributed by atoms with van der Waals surface area (Å²) in [6.45, 7) is 4.63. The van der Waals surface area contributed by atoms with Gasteiger partial charge in [0, 0.05) is 11.9 Å². The second-order valence-electron chi connectivity index (χ2n) is 5.24. The van der Waals surface area contributed by atoms with Gasteiger partial charge in [-0.05, 0) is 30.4 Å². The van der Waals surface area contributed by atoms with Gasteiger partial charge in [-0.25, -0.2) is 4.39 Å². The van der Waals surface area contributed by atoms with E-state index >= 15 is 0 Å². The van der Waals surface area contributed by atoms with E-state index < -0.39 is 11.7 Å². The molecule has 0 radical (unpaired) electrons. The molecule has 0 unspecified atom stereocenters. The van der Waals surface area contributed by atoms with E-state index in [2.05, 4.69) is 35.1 Å². The molecule has 0 fully saturated rings. The number of halogens is 3. The van der Waals surface area contributed by atoms with Crippen molar-refractivity contribution in [2.45, 2.75) is 26.7 Å². The highest BCUT2D eigenvalue weighted by atomic mass is 79.9. The number of nitrogens with one attached hydrogen (secondary N) is 1. The number of carbonyl (C=O) groups is 1. The van der Waals surface area contributed by atoms with Crippen molar-refractivity contribution in [1.82, 2.24) is 5.32 Å². The largest absolute Gasteiger partial charge is 0.351 e. The average molecular weight is 351 g/mol. The third kappa shape index (κ3) is 5.11. The molecular weight excluding hydrogens is 333 g/mol. The number of hydrogen-bond donors (Lipinski definition) is 1. The van der Waals surface area contributed by atoms with Crippen molar-refractivity contribution < 1.29 is 9.18 Å². The molecule has 0 aliphatic rings. The standard InChI is InChI=1S/C14H18BrClFNO/c1-14(2,7-4-8-15)9-18-13(19)12-10(16)5-3-6-11(12)17/h3,5-6H,4,7-9H2,1-2H3,(H,18,19). The summed E-state index contributed by atoms with van der Waals surface area (Å²) in [5, 5.41) is 3.82. The minimum absolute atomic E-state index is 0.0266. The Hall–Kier alpha value is -0.610. The number of benzene rings is 1. The van der Waals surface area contributed by atoms with Crippen molar-refractivity contribution in [2.75, 3.05) is 11.9 Å². The van der Waals surface area contributed by atoms with E-state index in [1.165, 1.54) is 18.2 Å². The van der Waals surface area contributed by atoms with Crippen molar-refractivity contribution in [2.24, 2.45) is 5.41 Å². The molecule has 0 aliphatic heterocycles. The van der Waals surface area contributed by atoms with Gasteiger partial charge in [-0.3, -0.25) is 4.79 Å². The Bertz CT molecular complexity index is 431. The zero-order chi connectivity index (χ0) is 14.5. The molecule has 0 spiro atoms. The fourth-order valence-corrected chi connectivity index (χ4v) is 2.29. The predicted octanol–water partition coefficient (Wildman–Crippen LogP) is 4.41. The first-order chi connectivity index (χ1) is 8.87. The summed E-state index contributed by atoms with van der Waals surface area (Å²) in [7, 11) is 0. The van der Waals surface area contributed by atoms with Crippen LogP contribution in [-0.2, 0) is 0 Å². The monoisotopic (exact) mass is 349 g/mol. The molecule has 0 heterocycles. The van der Waals surface area contributed by atoms with Crippen molar-refractivity contribution in [3.8, 4) is 0 Å². The molecule has 1 rings (SSSR count). The Morgan fingerprint density at radius 1 is 1.47 bits per heavy atom. The highest BCUT2D eigenvalue weighted by Crippen LogP contribution is 2.23. The number of hydrogen-bond acceptors (Lipinski definition) is 1. The van der Waals surface area contributed by atoms with Crippen LogP contribution >= 0.6 is 27.5 Å². The van der Waals surface area contributed by atoms with Gasteiger partial charge in [-0.15, -0.1) is 0 Å². The molecule has 5 heteroatoms. The average Bonchev–Trinajstić information content (AvgIpc) is 2.34. The van der Waals surface area contributed by atoms with Gasteiger partial charge >= 0.3 is 0 Å². The summed E-state index contributed by atoms with van der Waals surface area (Å²) in [5.74, 6) is -1.06. The van der Waals surface area contributed by atoms with Crippen LogP contribution in [0.1, 0.15) is 37.0 Å². The van der Waals surface area contributed by atoms with Gasteiger partial charge in [0.2, 0.25) is 0 Å².